The van der Waals surface area contributed by atoms with E-state index in [9.17, 15) is 0 Å². The van der Waals surface area contributed by atoms with Crippen LogP contribution in [0.15, 0.2) is 41.0 Å². The van der Waals surface area contributed by atoms with Crippen LogP contribution in [-0.2, 0) is 13.2 Å². The van der Waals surface area contributed by atoms with E-state index in [2.05, 4.69) is 19.2 Å². The fraction of sp³-hybridized carbons (Fsp3) is 0.412. The third-order valence-electron chi connectivity index (χ3n) is 3.07. The Kier molecular flexibility index (Phi) is 6.16. The third kappa shape index (κ3) is 4.53. The molecule has 0 aliphatic carbocycles. The highest BCUT2D eigenvalue weighted by molar-refractivity contribution is 5.39. The molecule has 4 heteroatoms. The molecule has 0 atom stereocenters. The molecule has 0 radical (unpaired) electrons. The predicted octanol–water partition coefficient (Wildman–Crippen LogP) is 3.76. The first kappa shape index (κ1) is 15.4. The number of nitrogens with one attached hydrogen (secondary N) is 1. The fourth-order valence-corrected chi connectivity index (χ4v) is 1.95. The highest BCUT2D eigenvalue weighted by Gasteiger charge is 2.09. The molecule has 0 aliphatic rings. The van der Waals surface area contributed by atoms with E-state index in [-0.39, 0.29) is 0 Å². The van der Waals surface area contributed by atoms with Crippen molar-refractivity contribution >= 4 is 0 Å². The smallest absolute Gasteiger partial charge is 0.161 e. The number of para-hydroxylation sites is 2. The average molecular weight is 289 g/mol. The molecular weight excluding hydrogens is 266 g/mol. The first-order valence-corrected chi connectivity index (χ1v) is 7.45. The predicted molar refractivity (Wildman–Crippen MR) is 82.6 cm³/mol. The lowest BCUT2D eigenvalue weighted by Crippen LogP contribution is -2.12. The minimum absolute atomic E-state index is 0.403. The van der Waals surface area contributed by atoms with Crippen LogP contribution in [0.3, 0.4) is 0 Å². The molecular formula is C17H23NO3. The molecule has 0 unspecified atom stereocenters. The summed E-state index contributed by atoms with van der Waals surface area (Å²) in [7, 11) is 0. The normalized spacial score (nSPS) is 10.6. The van der Waals surface area contributed by atoms with Gasteiger partial charge in [-0.05, 0) is 31.2 Å². The second-order valence-corrected chi connectivity index (χ2v) is 4.73. The Bertz CT molecular complexity index is 536. The summed E-state index contributed by atoms with van der Waals surface area (Å²) in [4.78, 5) is 0. The van der Waals surface area contributed by atoms with Gasteiger partial charge in [0.1, 0.15) is 12.4 Å². The Morgan fingerprint density at radius 3 is 2.52 bits per heavy atom. The van der Waals surface area contributed by atoms with Crippen LogP contribution in [0, 0.1) is 0 Å². The summed E-state index contributed by atoms with van der Waals surface area (Å²) in [5.74, 6) is 2.37. The molecule has 114 valence electrons. The fourth-order valence-electron chi connectivity index (χ4n) is 1.95. The van der Waals surface area contributed by atoms with E-state index in [0.29, 0.717) is 13.2 Å². The van der Waals surface area contributed by atoms with Gasteiger partial charge in [0.2, 0.25) is 0 Å². The zero-order chi connectivity index (χ0) is 14.9. The van der Waals surface area contributed by atoms with E-state index in [4.69, 9.17) is 13.9 Å². The first-order chi connectivity index (χ1) is 10.3. The number of hydrogen-bond acceptors (Lipinski definition) is 4. The summed E-state index contributed by atoms with van der Waals surface area (Å²) >= 11 is 0. The Labute approximate surface area is 126 Å². The molecule has 0 bridgehead atoms. The van der Waals surface area contributed by atoms with Crippen LogP contribution >= 0.6 is 0 Å². The van der Waals surface area contributed by atoms with Crippen molar-refractivity contribution < 1.29 is 13.9 Å². The number of benzene rings is 1. The quantitative estimate of drug-likeness (QED) is 0.763. The van der Waals surface area contributed by atoms with Crippen LogP contribution in [0.25, 0.3) is 0 Å². The van der Waals surface area contributed by atoms with Crippen molar-refractivity contribution in [2.75, 3.05) is 13.2 Å². The van der Waals surface area contributed by atoms with Crippen molar-refractivity contribution in [1.29, 1.82) is 0 Å². The number of rotatable bonds is 9. The van der Waals surface area contributed by atoms with Gasteiger partial charge < -0.3 is 19.2 Å². The third-order valence-corrected chi connectivity index (χ3v) is 3.07. The second-order valence-electron chi connectivity index (χ2n) is 4.73. The molecule has 21 heavy (non-hydrogen) atoms. The molecule has 2 rings (SSSR count). The van der Waals surface area contributed by atoms with Crippen molar-refractivity contribution in [3.63, 3.8) is 0 Å². The standard InChI is InChI=1S/C17H23NO3/c1-3-10-19-15-7-5-6-8-16(15)21-13-17-14(9-11-20-17)12-18-4-2/h5-9,11,18H,3-4,10,12-13H2,1-2H3. The van der Waals surface area contributed by atoms with Gasteiger partial charge in [0.15, 0.2) is 11.5 Å². The van der Waals surface area contributed by atoms with E-state index in [1.807, 2.05) is 30.3 Å². The molecule has 0 aliphatic heterocycles. The molecule has 0 spiro atoms. The van der Waals surface area contributed by atoms with Crippen molar-refractivity contribution in [2.24, 2.45) is 0 Å². The van der Waals surface area contributed by atoms with E-state index in [1.165, 1.54) is 0 Å². The second kappa shape index (κ2) is 8.37. The summed E-state index contributed by atoms with van der Waals surface area (Å²) in [6.07, 6.45) is 2.67. The van der Waals surface area contributed by atoms with Gasteiger partial charge in [-0.1, -0.05) is 26.0 Å². The van der Waals surface area contributed by atoms with Gasteiger partial charge in [-0.25, -0.2) is 0 Å². The van der Waals surface area contributed by atoms with Gasteiger partial charge in [0.25, 0.3) is 0 Å². The van der Waals surface area contributed by atoms with Crippen LogP contribution in [0.1, 0.15) is 31.6 Å². The van der Waals surface area contributed by atoms with Gasteiger partial charge in [-0.3, -0.25) is 0 Å². The average Bonchev–Trinajstić information content (AvgIpc) is 2.97. The van der Waals surface area contributed by atoms with Crippen LogP contribution in [0.5, 0.6) is 11.5 Å². The number of furan rings is 1. The maximum atomic E-state index is 5.85. The van der Waals surface area contributed by atoms with Crippen molar-refractivity contribution in [2.45, 2.75) is 33.4 Å². The molecule has 2 aromatic rings. The van der Waals surface area contributed by atoms with Gasteiger partial charge in [0, 0.05) is 12.1 Å². The van der Waals surface area contributed by atoms with Crippen molar-refractivity contribution in [3.05, 3.63) is 47.9 Å². The highest BCUT2D eigenvalue weighted by Crippen LogP contribution is 2.27. The van der Waals surface area contributed by atoms with E-state index in [0.717, 1.165) is 42.3 Å². The Balaban J connectivity index is 1.98. The first-order valence-electron chi connectivity index (χ1n) is 7.45. The van der Waals surface area contributed by atoms with Crippen LogP contribution in [0.4, 0.5) is 0 Å². The maximum Gasteiger partial charge on any atom is 0.161 e. The summed E-state index contributed by atoms with van der Waals surface area (Å²) in [6, 6.07) is 9.70. The van der Waals surface area contributed by atoms with E-state index >= 15 is 0 Å². The molecule has 0 fully saturated rings. The largest absolute Gasteiger partial charge is 0.490 e. The Morgan fingerprint density at radius 1 is 1.05 bits per heavy atom. The Morgan fingerprint density at radius 2 is 1.81 bits per heavy atom. The monoisotopic (exact) mass is 289 g/mol. The molecule has 1 heterocycles. The van der Waals surface area contributed by atoms with Gasteiger partial charge in [-0.2, -0.15) is 0 Å². The van der Waals surface area contributed by atoms with E-state index in [1.54, 1.807) is 6.26 Å². The lowest BCUT2D eigenvalue weighted by atomic mass is 10.2. The van der Waals surface area contributed by atoms with Crippen molar-refractivity contribution in [1.82, 2.24) is 5.32 Å². The van der Waals surface area contributed by atoms with E-state index < -0.39 is 0 Å². The zero-order valence-corrected chi connectivity index (χ0v) is 12.7. The van der Waals surface area contributed by atoms with Crippen LogP contribution < -0.4 is 14.8 Å². The van der Waals surface area contributed by atoms with Crippen molar-refractivity contribution in [3.8, 4) is 11.5 Å². The summed E-state index contributed by atoms with van der Waals surface area (Å²) < 4.78 is 17.0. The summed E-state index contributed by atoms with van der Waals surface area (Å²) in [5, 5.41) is 3.29. The zero-order valence-electron chi connectivity index (χ0n) is 12.7. The number of hydrogen-bond donors (Lipinski definition) is 1. The SMILES string of the molecule is CCCOc1ccccc1OCc1occc1CNCC. The van der Waals surface area contributed by atoms with Crippen LogP contribution in [0.2, 0.25) is 0 Å². The molecule has 0 saturated carbocycles. The molecule has 1 aromatic carbocycles. The maximum absolute atomic E-state index is 5.85. The molecule has 1 aromatic heterocycles. The van der Waals surface area contributed by atoms with Crippen LogP contribution in [-0.4, -0.2) is 13.2 Å². The topological polar surface area (TPSA) is 43.6 Å². The molecule has 1 N–H and O–H groups in total. The van der Waals surface area contributed by atoms with Gasteiger partial charge in [0.05, 0.1) is 12.9 Å². The molecule has 0 amide bonds. The van der Waals surface area contributed by atoms with Gasteiger partial charge >= 0.3 is 0 Å². The molecule has 0 saturated heterocycles. The highest BCUT2D eigenvalue weighted by atomic mass is 16.5. The minimum Gasteiger partial charge on any atom is -0.490 e. The lowest BCUT2D eigenvalue weighted by molar-refractivity contribution is 0.242. The number of ether oxygens (including phenoxy) is 2. The van der Waals surface area contributed by atoms with Gasteiger partial charge in [-0.15, -0.1) is 0 Å². The Hall–Kier alpha value is -1.94. The summed E-state index contributed by atoms with van der Waals surface area (Å²) in [6.45, 7) is 6.97. The summed E-state index contributed by atoms with van der Waals surface area (Å²) in [5.41, 5.74) is 1.13. The molecule has 4 nitrogen and oxygen atoms in total. The minimum atomic E-state index is 0.403. The lowest BCUT2D eigenvalue weighted by Gasteiger charge is -2.12.